The first-order valence-corrected chi connectivity index (χ1v) is 8.28. The molecule has 2 aliphatic heterocycles. The fourth-order valence-electron chi connectivity index (χ4n) is 2.40. The number of rotatable bonds is 1. The maximum Gasteiger partial charge on any atom is 0.336 e. The van der Waals surface area contributed by atoms with Gasteiger partial charge in [-0.1, -0.05) is 48.6 Å². The highest BCUT2D eigenvalue weighted by Crippen LogP contribution is 2.33. The number of ether oxygens (including phenoxy) is 1. The molecule has 0 amide bonds. The maximum absolute atomic E-state index is 10.8. The second kappa shape index (κ2) is 7.20. The van der Waals surface area contributed by atoms with E-state index < -0.39 is 5.97 Å². The van der Waals surface area contributed by atoms with Gasteiger partial charge in [-0.3, -0.25) is 0 Å². The average Bonchev–Trinajstić information content (AvgIpc) is 2.62. The quantitative estimate of drug-likeness (QED) is 0.847. The number of carbonyl (C=O) groups is 1. The smallest absolute Gasteiger partial charge is 0.336 e. The maximum atomic E-state index is 10.8. The monoisotopic (exact) mass is 324 g/mol. The number of fused-ring (bicyclic) bond motifs is 2. The van der Waals surface area contributed by atoms with Gasteiger partial charge in [-0.05, 0) is 18.2 Å². The third-order valence-electron chi connectivity index (χ3n) is 3.49. The number of para-hydroxylation sites is 1. The highest BCUT2D eigenvalue weighted by atomic mass is 32.2. The van der Waals surface area contributed by atoms with Gasteiger partial charge in [-0.2, -0.15) is 0 Å². The van der Waals surface area contributed by atoms with Crippen molar-refractivity contribution in [1.82, 2.24) is 0 Å². The van der Waals surface area contributed by atoms with Crippen LogP contribution in [0, 0.1) is 0 Å². The van der Waals surface area contributed by atoms with Gasteiger partial charge < -0.3 is 9.84 Å². The van der Waals surface area contributed by atoms with Crippen LogP contribution in [0.3, 0.4) is 0 Å². The molecule has 116 valence electrons. The Bertz CT molecular complexity index is 778. The Kier molecular flexibility index (Phi) is 4.83. The third kappa shape index (κ3) is 3.66. The molecule has 0 aromatic heterocycles. The van der Waals surface area contributed by atoms with E-state index in [-0.39, 0.29) is 0 Å². The molecule has 4 rings (SSSR count). The summed E-state index contributed by atoms with van der Waals surface area (Å²) in [6, 6.07) is 15.6. The van der Waals surface area contributed by atoms with E-state index >= 15 is 0 Å². The minimum absolute atomic E-state index is 0.425. The van der Waals surface area contributed by atoms with Crippen molar-refractivity contribution in [2.45, 2.75) is 4.90 Å². The number of hydrogen-bond acceptors (Lipinski definition) is 3. The first-order valence-electron chi connectivity index (χ1n) is 7.30. The Morgan fingerprint density at radius 1 is 1.09 bits per heavy atom. The summed E-state index contributed by atoms with van der Waals surface area (Å²) in [6.07, 6.45) is 5.86. The molecule has 0 unspecified atom stereocenters. The number of benzene rings is 2. The van der Waals surface area contributed by atoms with Crippen molar-refractivity contribution in [2.24, 2.45) is 0 Å². The SMILES string of the molecule is C1=Cc2ccccc2OC1.O=C(O)C1=CCSc2ccccc21. The molecule has 1 N–H and O–H groups in total. The van der Waals surface area contributed by atoms with E-state index in [2.05, 4.69) is 6.08 Å². The first kappa shape index (κ1) is 15.4. The van der Waals surface area contributed by atoms with Crippen LogP contribution in [-0.4, -0.2) is 23.4 Å². The van der Waals surface area contributed by atoms with Gasteiger partial charge >= 0.3 is 5.97 Å². The minimum Gasteiger partial charge on any atom is -0.489 e. The molecule has 0 atom stereocenters. The molecular weight excluding hydrogens is 308 g/mol. The van der Waals surface area contributed by atoms with Gasteiger partial charge in [0.1, 0.15) is 12.4 Å². The average molecular weight is 324 g/mol. The van der Waals surface area contributed by atoms with Crippen molar-refractivity contribution in [3.05, 3.63) is 71.8 Å². The van der Waals surface area contributed by atoms with E-state index in [9.17, 15) is 4.79 Å². The van der Waals surface area contributed by atoms with Gasteiger partial charge in [0.2, 0.25) is 0 Å². The van der Waals surface area contributed by atoms with Crippen molar-refractivity contribution in [2.75, 3.05) is 12.4 Å². The van der Waals surface area contributed by atoms with Gasteiger partial charge in [0.25, 0.3) is 0 Å². The molecule has 0 fully saturated rings. The first-order chi connectivity index (χ1) is 11.3. The van der Waals surface area contributed by atoms with E-state index in [4.69, 9.17) is 9.84 Å². The van der Waals surface area contributed by atoms with Crippen LogP contribution < -0.4 is 4.74 Å². The Hall–Kier alpha value is -2.46. The van der Waals surface area contributed by atoms with Crippen molar-refractivity contribution >= 4 is 29.4 Å². The molecular formula is C19H16O3S. The van der Waals surface area contributed by atoms with Gasteiger partial charge in [0.15, 0.2) is 0 Å². The Morgan fingerprint density at radius 2 is 1.87 bits per heavy atom. The predicted molar refractivity (Wildman–Crippen MR) is 93.7 cm³/mol. The third-order valence-corrected chi connectivity index (χ3v) is 4.49. The molecule has 0 aliphatic carbocycles. The van der Waals surface area contributed by atoms with Crippen molar-refractivity contribution in [3.63, 3.8) is 0 Å². The van der Waals surface area contributed by atoms with Gasteiger partial charge in [-0.25, -0.2) is 4.79 Å². The molecule has 0 saturated heterocycles. The van der Waals surface area contributed by atoms with Gasteiger partial charge in [-0.15, -0.1) is 11.8 Å². The second-order valence-corrected chi connectivity index (χ2v) is 6.04. The molecule has 23 heavy (non-hydrogen) atoms. The molecule has 2 aliphatic rings. The molecule has 3 nitrogen and oxygen atoms in total. The lowest BCUT2D eigenvalue weighted by molar-refractivity contribution is -0.130. The fraction of sp³-hybridized carbons (Fsp3) is 0.105. The molecule has 0 radical (unpaired) electrons. The summed E-state index contributed by atoms with van der Waals surface area (Å²) in [5, 5.41) is 8.91. The second-order valence-electron chi connectivity index (χ2n) is 4.98. The lowest BCUT2D eigenvalue weighted by atomic mass is 10.1. The molecule has 0 saturated carbocycles. The van der Waals surface area contributed by atoms with Crippen molar-refractivity contribution in [1.29, 1.82) is 0 Å². The van der Waals surface area contributed by atoms with Gasteiger partial charge in [0, 0.05) is 21.8 Å². The van der Waals surface area contributed by atoms with Gasteiger partial charge in [0.05, 0.1) is 5.57 Å². The molecule has 2 aromatic rings. The summed E-state index contributed by atoms with van der Waals surface area (Å²) in [7, 11) is 0. The summed E-state index contributed by atoms with van der Waals surface area (Å²) in [6.45, 7) is 0.705. The highest BCUT2D eigenvalue weighted by molar-refractivity contribution is 7.99. The summed E-state index contributed by atoms with van der Waals surface area (Å²) < 4.78 is 5.34. The highest BCUT2D eigenvalue weighted by Gasteiger charge is 2.17. The van der Waals surface area contributed by atoms with Crippen molar-refractivity contribution < 1.29 is 14.6 Å². The van der Waals surface area contributed by atoms with Crippen LogP contribution in [-0.2, 0) is 4.79 Å². The normalized spacial score (nSPS) is 14.3. The summed E-state index contributed by atoms with van der Waals surface area (Å²) in [5.74, 6) is 0.899. The standard InChI is InChI=1S/C10H8O2S.C9H8O/c11-10(12)8-5-6-13-9-4-2-1-3-7(8)9;1-2-6-9-8(4-1)5-3-7-10-9/h1-5H,6H2,(H,11,12);1-6H,7H2. The number of aliphatic carboxylic acids is 1. The molecule has 0 spiro atoms. The Balaban J connectivity index is 0.000000140. The van der Waals surface area contributed by atoms with Crippen LogP contribution in [0.5, 0.6) is 5.75 Å². The molecule has 4 heteroatoms. The van der Waals surface area contributed by atoms with Crippen LogP contribution in [0.2, 0.25) is 0 Å². The fourth-order valence-corrected chi connectivity index (χ4v) is 3.34. The number of hydrogen-bond donors (Lipinski definition) is 1. The number of carboxylic acid groups (broad SMARTS) is 1. The zero-order chi connectivity index (χ0) is 16.1. The Labute approximate surface area is 139 Å². The molecule has 2 heterocycles. The van der Waals surface area contributed by atoms with E-state index in [0.717, 1.165) is 22.0 Å². The summed E-state index contributed by atoms with van der Waals surface area (Å²) >= 11 is 1.67. The van der Waals surface area contributed by atoms with E-state index in [1.165, 1.54) is 5.56 Å². The lowest BCUT2D eigenvalue weighted by Gasteiger charge is -2.13. The molecule has 2 aromatic carbocycles. The number of thioether (sulfide) groups is 1. The zero-order valence-electron chi connectivity index (χ0n) is 12.4. The summed E-state index contributed by atoms with van der Waals surface area (Å²) in [4.78, 5) is 11.9. The summed E-state index contributed by atoms with van der Waals surface area (Å²) in [5.41, 5.74) is 2.44. The predicted octanol–water partition coefficient (Wildman–Crippen LogP) is 4.35. The van der Waals surface area contributed by atoms with E-state index in [1.54, 1.807) is 17.8 Å². The largest absolute Gasteiger partial charge is 0.489 e. The van der Waals surface area contributed by atoms with Crippen LogP contribution in [0.25, 0.3) is 11.6 Å². The lowest BCUT2D eigenvalue weighted by Crippen LogP contribution is -2.04. The van der Waals surface area contributed by atoms with E-state index in [0.29, 0.717) is 12.2 Å². The molecule has 0 bridgehead atoms. The minimum atomic E-state index is -0.840. The van der Waals surface area contributed by atoms with Crippen LogP contribution in [0.4, 0.5) is 0 Å². The van der Waals surface area contributed by atoms with Crippen LogP contribution >= 0.6 is 11.8 Å². The topological polar surface area (TPSA) is 46.5 Å². The van der Waals surface area contributed by atoms with Crippen LogP contribution in [0.1, 0.15) is 11.1 Å². The zero-order valence-corrected chi connectivity index (χ0v) is 13.3. The van der Waals surface area contributed by atoms with Crippen molar-refractivity contribution in [3.8, 4) is 5.75 Å². The number of carboxylic acids is 1. The van der Waals surface area contributed by atoms with E-state index in [1.807, 2.05) is 54.6 Å². The van der Waals surface area contributed by atoms with Crippen LogP contribution in [0.15, 0.2) is 65.6 Å². The Morgan fingerprint density at radius 3 is 2.70 bits per heavy atom.